The molecule has 5 heteroatoms. The van der Waals surface area contributed by atoms with E-state index in [1.54, 1.807) is 0 Å². The molecule has 0 aromatic heterocycles. The molecule has 12 heavy (non-hydrogen) atoms. The van der Waals surface area contributed by atoms with Gasteiger partial charge in [0.1, 0.15) is 12.6 Å². The van der Waals surface area contributed by atoms with E-state index >= 15 is 0 Å². The van der Waals surface area contributed by atoms with Crippen molar-refractivity contribution in [3.8, 4) is 0 Å². The van der Waals surface area contributed by atoms with Gasteiger partial charge in [-0.2, -0.15) is 0 Å². The topological polar surface area (TPSA) is 57.5 Å². The van der Waals surface area contributed by atoms with Crippen molar-refractivity contribution in [1.29, 1.82) is 0 Å². The van der Waals surface area contributed by atoms with Crippen LogP contribution in [0.4, 0.5) is 0 Å². The monoisotopic (exact) mass is 226 g/mol. The van der Waals surface area contributed by atoms with Crippen molar-refractivity contribution in [3.63, 3.8) is 0 Å². The van der Waals surface area contributed by atoms with Crippen molar-refractivity contribution in [2.24, 2.45) is 0 Å². The Morgan fingerprint density at radius 1 is 1.42 bits per heavy atom. The maximum atomic E-state index is 10.1. The smallest absolute Gasteiger partial charge is 0.306 e. The molecule has 0 saturated heterocycles. The Morgan fingerprint density at radius 2 is 1.83 bits per heavy atom. The summed E-state index contributed by atoms with van der Waals surface area (Å²) in [6.07, 6.45) is -0.914. The summed E-state index contributed by atoms with van der Waals surface area (Å²) >= 11 is 0. The number of carbonyl (C=O) groups is 1. The molecule has 2 N–H and O–H groups in total. The Labute approximate surface area is 85.5 Å². The number of carboxylic acid groups (broad SMARTS) is 1. The van der Waals surface area contributed by atoms with E-state index < -0.39 is 12.1 Å². The van der Waals surface area contributed by atoms with Crippen LogP contribution in [0.2, 0.25) is 0 Å². The van der Waals surface area contributed by atoms with Crippen LogP contribution in [0.15, 0.2) is 0 Å². The molecular formula is C7H16NO3Zn+. The number of nitrogens with zero attached hydrogens (tertiary/aromatic N) is 1. The average Bonchev–Trinajstić information content (AvgIpc) is 1.53. The number of aliphatic hydroxyl groups excluding tert-OH is 1. The fraction of sp³-hybridized carbons (Fsp3) is 0.857. The molecule has 0 aliphatic carbocycles. The van der Waals surface area contributed by atoms with Crippen LogP contribution in [0, 0.1) is 0 Å². The Morgan fingerprint density at radius 3 is 2.08 bits per heavy atom. The fourth-order valence-electron chi connectivity index (χ4n) is 0.898. The molecule has 0 saturated carbocycles. The third-order valence-electron chi connectivity index (χ3n) is 1.17. The van der Waals surface area contributed by atoms with Crippen LogP contribution < -0.4 is 0 Å². The molecule has 0 aromatic rings. The van der Waals surface area contributed by atoms with Crippen molar-refractivity contribution in [2.45, 2.75) is 12.5 Å². The van der Waals surface area contributed by atoms with Gasteiger partial charge < -0.3 is 14.7 Å². The van der Waals surface area contributed by atoms with Gasteiger partial charge in [0.25, 0.3) is 0 Å². The average molecular weight is 228 g/mol. The summed E-state index contributed by atoms with van der Waals surface area (Å²) in [6, 6.07) is 0. The number of aliphatic carboxylic acids is 1. The summed E-state index contributed by atoms with van der Waals surface area (Å²) in [4.78, 5) is 10.1. The molecule has 0 aliphatic heterocycles. The maximum Gasteiger partial charge on any atom is 0.306 e. The zero-order valence-electron chi connectivity index (χ0n) is 7.95. The molecule has 0 radical (unpaired) electrons. The van der Waals surface area contributed by atoms with Crippen LogP contribution in [-0.4, -0.2) is 54.5 Å². The number of hydrogen-bond donors (Lipinski definition) is 2. The number of likely N-dealkylation sites (N-methyl/N-ethyl adjacent to an activating group) is 1. The normalized spacial score (nSPS) is 13.3. The standard InChI is InChI=1S/C7H15NO3.Zn/c1-8(2,3)5-6(9)4-7(10)11;/h6,9H,4-5H2,1-3H3;/p+1/t6-;/m1./s1. The molecule has 0 bridgehead atoms. The van der Waals surface area contributed by atoms with Gasteiger partial charge in [-0.25, -0.2) is 0 Å². The third kappa shape index (κ3) is 10.0. The Balaban J connectivity index is 0. The van der Waals surface area contributed by atoms with Crippen LogP contribution in [0.3, 0.4) is 0 Å². The summed E-state index contributed by atoms with van der Waals surface area (Å²) in [5.74, 6) is -0.953. The van der Waals surface area contributed by atoms with E-state index in [-0.39, 0.29) is 25.9 Å². The van der Waals surface area contributed by atoms with Gasteiger partial charge in [0.15, 0.2) is 0 Å². The zero-order chi connectivity index (χ0) is 9.07. The van der Waals surface area contributed by atoms with E-state index in [1.165, 1.54) is 0 Å². The van der Waals surface area contributed by atoms with E-state index in [2.05, 4.69) is 0 Å². The van der Waals surface area contributed by atoms with E-state index in [0.29, 0.717) is 11.0 Å². The molecule has 0 fully saturated rings. The molecule has 0 rings (SSSR count). The summed E-state index contributed by atoms with van der Waals surface area (Å²) in [5.41, 5.74) is 0. The zero-order valence-corrected chi connectivity index (χ0v) is 10.9. The quantitative estimate of drug-likeness (QED) is 0.504. The molecule has 0 aliphatic rings. The van der Waals surface area contributed by atoms with Crippen LogP contribution in [0.5, 0.6) is 0 Å². The van der Waals surface area contributed by atoms with Gasteiger partial charge in [-0.05, 0) is 0 Å². The predicted molar refractivity (Wildman–Crippen MR) is 41.2 cm³/mol. The van der Waals surface area contributed by atoms with E-state index in [0.717, 1.165) is 0 Å². The summed E-state index contributed by atoms with van der Waals surface area (Å²) < 4.78 is 0.578. The Hall–Kier alpha value is 0.0134. The largest absolute Gasteiger partial charge is 0.481 e. The van der Waals surface area contributed by atoms with Gasteiger partial charge >= 0.3 is 5.97 Å². The van der Waals surface area contributed by atoms with Gasteiger partial charge in [-0.15, -0.1) is 0 Å². The molecule has 0 unspecified atom stereocenters. The van der Waals surface area contributed by atoms with Crippen molar-refractivity contribution in [1.82, 2.24) is 0 Å². The number of rotatable bonds is 4. The minimum absolute atomic E-state index is 0. The predicted octanol–water partition coefficient (Wildman–Crippen LogP) is -0.474. The molecule has 0 amide bonds. The van der Waals surface area contributed by atoms with Crippen LogP contribution >= 0.6 is 0 Å². The molecule has 1 atom stereocenters. The van der Waals surface area contributed by atoms with Crippen LogP contribution in [0.1, 0.15) is 6.42 Å². The molecule has 0 spiro atoms. The second kappa shape index (κ2) is 5.62. The maximum absolute atomic E-state index is 10.1. The SMILES string of the molecule is C[N+](C)(C)C[C@H](O)CC(=O)O.[Zn]. The van der Waals surface area contributed by atoms with Gasteiger partial charge in [0.2, 0.25) is 0 Å². The van der Waals surface area contributed by atoms with E-state index in [1.807, 2.05) is 21.1 Å². The van der Waals surface area contributed by atoms with Gasteiger partial charge in [0.05, 0.1) is 27.6 Å². The van der Waals surface area contributed by atoms with Crippen molar-refractivity contribution < 1.29 is 39.0 Å². The molecule has 4 nitrogen and oxygen atoms in total. The van der Waals surface area contributed by atoms with Crippen molar-refractivity contribution >= 4 is 5.97 Å². The second-order valence-corrected chi connectivity index (χ2v) is 3.72. The molecule has 0 aromatic carbocycles. The molecule has 0 heterocycles. The first kappa shape index (κ1) is 14.5. The van der Waals surface area contributed by atoms with Gasteiger partial charge in [-0.3, -0.25) is 4.79 Å². The van der Waals surface area contributed by atoms with Crippen molar-refractivity contribution in [2.75, 3.05) is 27.7 Å². The fourth-order valence-corrected chi connectivity index (χ4v) is 0.898. The summed E-state index contributed by atoms with van der Waals surface area (Å²) in [7, 11) is 5.72. The van der Waals surface area contributed by atoms with Gasteiger partial charge in [0, 0.05) is 19.5 Å². The Bertz CT molecular complexity index is 144. The second-order valence-electron chi connectivity index (χ2n) is 3.72. The summed E-state index contributed by atoms with van der Waals surface area (Å²) in [5, 5.41) is 17.5. The number of aliphatic hydroxyl groups is 1. The number of quaternary nitrogens is 1. The first-order valence-corrected chi connectivity index (χ1v) is 3.51. The molecular weight excluding hydrogens is 211 g/mol. The van der Waals surface area contributed by atoms with E-state index in [4.69, 9.17) is 10.2 Å². The van der Waals surface area contributed by atoms with Crippen LogP contribution in [0.25, 0.3) is 0 Å². The van der Waals surface area contributed by atoms with Crippen molar-refractivity contribution in [3.05, 3.63) is 0 Å². The number of hydrogen-bond acceptors (Lipinski definition) is 2. The van der Waals surface area contributed by atoms with Crippen LogP contribution in [-0.2, 0) is 24.3 Å². The first-order valence-electron chi connectivity index (χ1n) is 3.51. The minimum Gasteiger partial charge on any atom is -0.481 e. The third-order valence-corrected chi connectivity index (χ3v) is 1.17. The van der Waals surface area contributed by atoms with Gasteiger partial charge in [-0.1, -0.05) is 0 Å². The minimum atomic E-state index is -0.953. The summed E-state index contributed by atoms with van der Waals surface area (Å²) in [6.45, 7) is 0.465. The first-order chi connectivity index (χ1) is 4.81. The Kier molecular flexibility index (Phi) is 6.81. The van der Waals surface area contributed by atoms with E-state index in [9.17, 15) is 4.79 Å². The molecule has 68 valence electrons. The number of carboxylic acids is 1.